The molecule has 0 bridgehead atoms. The lowest BCUT2D eigenvalue weighted by Gasteiger charge is -2.10. The van der Waals surface area contributed by atoms with Gasteiger partial charge in [-0.05, 0) is 54.1 Å². The van der Waals surface area contributed by atoms with Gasteiger partial charge in [-0.25, -0.2) is 5.32 Å². The minimum atomic E-state index is 1.02. The van der Waals surface area contributed by atoms with Gasteiger partial charge in [0.25, 0.3) is 0 Å². The van der Waals surface area contributed by atoms with Crippen LogP contribution in [0.2, 0.25) is 0 Å². The highest BCUT2D eigenvalue weighted by atomic mass is 15.1. The molecule has 0 fully saturated rings. The van der Waals surface area contributed by atoms with E-state index in [1.165, 1.54) is 12.8 Å². The Kier molecular flexibility index (Phi) is 8.40. The average molecular weight is 186 g/mol. The van der Waals surface area contributed by atoms with Crippen LogP contribution in [0.15, 0.2) is 0 Å². The Balaban J connectivity index is 2.92. The molecule has 79 valence electrons. The standard InChI is InChI=1S/C10H24N3/c1-12(2)9-5-7-11-8-6-10-13(3)4/h5-10H2,1-4H3. The molecule has 0 unspecified atom stereocenters. The van der Waals surface area contributed by atoms with E-state index in [0.717, 1.165) is 26.2 Å². The largest absolute Gasteiger partial charge is 0.309 e. The van der Waals surface area contributed by atoms with Crippen LogP contribution >= 0.6 is 0 Å². The highest BCUT2D eigenvalue weighted by Gasteiger charge is 1.93. The van der Waals surface area contributed by atoms with E-state index < -0.39 is 0 Å². The summed E-state index contributed by atoms with van der Waals surface area (Å²) in [6, 6.07) is 0. The van der Waals surface area contributed by atoms with Crippen LogP contribution in [0, 0.1) is 0 Å². The first-order chi connectivity index (χ1) is 6.13. The SMILES string of the molecule is CN(C)CCC[N]CCCN(C)C. The molecule has 0 heterocycles. The van der Waals surface area contributed by atoms with Gasteiger partial charge in [-0.15, -0.1) is 0 Å². The maximum atomic E-state index is 4.46. The Hall–Kier alpha value is -0.120. The van der Waals surface area contributed by atoms with Crippen molar-refractivity contribution in [3.05, 3.63) is 0 Å². The zero-order valence-corrected chi connectivity index (χ0v) is 9.58. The minimum Gasteiger partial charge on any atom is -0.309 e. The van der Waals surface area contributed by atoms with Crippen LogP contribution < -0.4 is 5.32 Å². The molecule has 0 amide bonds. The number of nitrogens with zero attached hydrogens (tertiary/aromatic N) is 3. The van der Waals surface area contributed by atoms with Gasteiger partial charge < -0.3 is 9.80 Å². The molecule has 0 aromatic rings. The average Bonchev–Trinajstić information content (AvgIpc) is 2.01. The van der Waals surface area contributed by atoms with Crippen molar-refractivity contribution in [3.63, 3.8) is 0 Å². The maximum Gasteiger partial charge on any atom is 0.0145 e. The first kappa shape index (κ1) is 12.9. The lowest BCUT2D eigenvalue weighted by Crippen LogP contribution is -2.20. The summed E-state index contributed by atoms with van der Waals surface area (Å²) < 4.78 is 0. The molecule has 3 heteroatoms. The highest BCUT2D eigenvalue weighted by Crippen LogP contribution is 1.84. The number of rotatable bonds is 8. The van der Waals surface area contributed by atoms with Gasteiger partial charge >= 0.3 is 0 Å². The van der Waals surface area contributed by atoms with Gasteiger partial charge in [-0.3, -0.25) is 0 Å². The summed E-state index contributed by atoms with van der Waals surface area (Å²) in [4.78, 5) is 4.41. The third-order valence-electron chi connectivity index (χ3n) is 1.84. The van der Waals surface area contributed by atoms with Gasteiger partial charge in [0.15, 0.2) is 0 Å². The molecule has 0 rings (SSSR count). The fourth-order valence-electron chi connectivity index (χ4n) is 1.11. The highest BCUT2D eigenvalue weighted by molar-refractivity contribution is 4.52. The molecule has 1 radical (unpaired) electrons. The van der Waals surface area contributed by atoms with Crippen LogP contribution in [0.25, 0.3) is 0 Å². The van der Waals surface area contributed by atoms with Crippen molar-refractivity contribution in [1.82, 2.24) is 15.1 Å². The van der Waals surface area contributed by atoms with Crippen molar-refractivity contribution >= 4 is 0 Å². The summed E-state index contributed by atoms with van der Waals surface area (Å²) >= 11 is 0. The predicted octanol–water partition coefficient (Wildman–Crippen LogP) is 0.494. The van der Waals surface area contributed by atoms with E-state index in [2.05, 4.69) is 43.3 Å². The van der Waals surface area contributed by atoms with Gasteiger partial charge in [0.2, 0.25) is 0 Å². The topological polar surface area (TPSA) is 20.6 Å². The van der Waals surface area contributed by atoms with Gasteiger partial charge in [0.05, 0.1) is 0 Å². The second-order valence-electron chi connectivity index (χ2n) is 3.98. The van der Waals surface area contributed by atoms with E-state index in [4.69, 9.17) is 0 Å². The lowest BCUT2D eigenvalue weighted by molar-refractivity contribution is 0.379. The molecular formula is C10H24N3. The van der Waals surface area contributed by atoms with Crippen molar-refractivity contribution in [1.29, 1.82) is 0 Å². The van der Waals surface area contributed by atoms with Crippen LogP contribution in [0.4, 0.5) is 0 Å². The molecular weight excluding hydrogens is 162 g/mol. The molecule has 0 aromatic heterocycles. The van der Waals surface area contributed by atoms with Gasteiger partial charge in [-0.2, -0.15) is 0 Å². The molecule has 0 aliphatic heterocycles. The summed E-state index contributed by atoms with van der Waals surface area (Å²) in [5, 5.41) is 4.46. The number of hydrogen-bond acceptors (Lipinski definition) is 2. The van der Waals surface area contributed by atoms with Crippen LogP contribution in [-0.4, -0.2) is 64.2 Å². The van der Waals surface area contributed by atoms with Crippen LogP contribution in [0.1, 0.15) is 12.8 Å². The third-order valence-corrected chi connectivity index (χ3v) is 1.84. The molecule has 3 nitrogen and oxygen atoms in total. The molecule has 0 saturated carbocycles. The van der Waals surface area contributed by atoms with E-state index in [0.29, 0.717) is 0 Å². The summed E-state index contributed by atoms with van der Waals surface area (Å²) in [6.45, 7) is 4.34. The number of hydrogen-bond donors (Lipinski definition) is 0. The second kappa shape index (κ2) is 8.48. The molecule has 13 heavy (non-hydrogen) atoms. The van der Waals surface area contributed by atoms with Gasteiger partial charge in [0, 0.05) is 13.1 Å². The Morgan fingerprint density at radius 2 is 1.15 bits per heavy atom. The lowest BCUT2D eigenvalue weighted by atomic mass is 10.3. The van der Waals surface area contributed by atoms with E-state index in [-0.39, 0.29) is 0 Å². The predicted molar refractivity (Wildman–Crippen MR) is 58.2 cm³/mol. The Morgan fingerprint density at radius 1 is 0.769 bits per heavy atom. The van der Waals surface area contributed by atoms with Crippen molar-refractivity contribution < 1.29 is 0 Å². The first-order valence-corrected chi connectivity index (χ1v) is 5.05. The van der Waals surface area contributed by atoms with Crippen molar-refractivity contribution in [3.8, 4) is 0 Å². The Morgan fingerprint density at radius 3 is 1.46 bits per heavy atom. The maximum absolute atomic E-state index is 4.46. The van der Waals surface area contributed by atoms with E-state index in [9.17, 15) is 0 Å². The zero-order chi connectivity index (χ0) is 10.1. The van der Waals surface area contributed by atoms with E-state index in [1.54, 1.807) is 0 Å². The van der Waals surface area contributed by atoms with Crippen molar-refractivity contribution in [2.75, 3.05) is 54.4 Å². The fraction of sp³-hybridized carbons (Fsp3) is 1.00. The normalized spacial score (nSPS) is 11.5. The Bertz CT molecular complexity index is 90.3. The minimum absolute atomic E-state index is 1.02. The monoisotopic (exact) mass is 186 g/mol. The quantitative estimate of drug-likeness (QED) is 0.514. The third kappa shape index (κ3) is 11.9. The smallest absolute Gasteiger partial charge is 0.0145 e. The van der Waals surface area contributed by atoms with E-state index >= 15 is 0 Å². The molecule has 0 spiro atoms. The van der Waals surface area contributed by atoms with Crippen LogP contribution in [-0.2, 0) is 0 Å². The fourth-order valence-corrected chi connectivity index (χ4v) is 1.11. The molecule has 0 atom stereocenters. The second-order valence-corrected chi connectivity index (χ2v) is 3.98. The van der Waals surface area contributed by atoms with Gasteiger partial charge in [0.1, 0.15) is 0 Å². The van der Waals surface area contributed by atoms with Crippen molar-refractivity contribution in [2.24, 2.45) is 0 Å². The van der Waals surface area contributed by atoms with Crippen LogP contribution in [0.5, 0.6) is 0 Å². The molecule has 0 saturated heterocycles. The van der Waals surface area contributed by atoms with Gasteiger partial charge in [-0.1, -0.05) is 0 Å². The molecule has 0 aliphatic rings. The summed E-state index contributed by atoms with van der Waals surface area (Å²) in [5.74, 6) is 0. The van der Waals surface area contributed by atoms with Crippen molar-refractivity contribution in [2.45, 2.75) is 12.8 Å². The molecule has 0 aliphatic carbocycles. The molecule has 0 aromatic carbocycles. The van der Waals surface area contributed by atoms with Crippen LogP contribution in [0.3, 0.4) is 0 Å². The Labute approximate surface area is 83.1 Å². The summed E-state index contributed by atoms with van der Waals surface area (Å²) in [7, 11) is 8.41. The first-order valence-electron chi connectivity index (χ1n) is 5.05. The zero-order valence-electron chi connectivity index (χ0n) is 9.58. The van der Waals surface area contributed by atoms with E-state index in [1.807, 2.05) is 0 Å². The molecule has 0 N–H and O–H groups in total. The summed E-state index contributed by atoms with van der Waals surface area (Å²) in [6.07, 6.45) is 2.38. The summed E-state index contributed by atoms with van der Waals surface area (Å²) in [5.41, 5.74) is 0.